The summed E-state index contributed by atoms with van der Waals surface area (Å²) in [6.07, 6.45) is 1.74. The highest BCUT2D eigenvalue weighted by Crippen LogP contribution is 2.33. The van der Waals surface area contributed by atoms with Gasteiger partial charge in [-0.25, -0.2) is 4.79 Å². The van der Waals surface area contributed by atoms with Gasteiger partial charge in [0.2, 0.25) is 0 Å². The second-order valence-corrected chi connectivity index (χ2v) is 8.19. The van der Waals surface area contributed by atoms with Crippen molar-refractivity contribution in [3.8, 4) is 17.1 Å². The monoisotopic (exact) mass is 419 g/mol. The molecule has 30 heavy (non-hydrogen) atoms. The molecule has 5 rings (SSSR count). The summed E-state index contributed by atoms with van der Waals surface area (Å²) >= 11 is 1.59. The predicted octanol–water partition coefficient (Wildman–Crippen LogP) is 4.27. The average Bonchev–Trinajstić information content (AvgIpc) is 3.47. The standard InChI is InChI=1S/C22H21N5O2S/c1-15-6-2-5-9-19(15)27-20(17-14-23-18-8-4-3-7-16(17)18)24-25-21(27)30-13-11-26-10-12-29-22(26)28/h2-9,14,23H,10-13H2,1H3. The van der Waals surface area contributed by atoms with E-state index in [1.807, 2.05) is 30.5 Å². The van der Waals surface area contributed by atoms with E-state index in [1.54, 1.807) is 16.7 Å². The van der Waals surface area contributed by atoms with Gasteiger partial charge in [-0.2, -0.15) is 0 Å². The van der Waals surface area contributed by atoms with Crippen molar-refractivity contribution in [1.82, 2.24) is 24.6 Å². The largest absolute Gasteiger partial charge is 0.448 e. The van der Waals surface area contributed by atoms with Gasteiger partial charge in [0, 0.05) is 35.0 Å². The number of cyclic esters (lactones) is 1. The van der Waals surface area contributed by atoms with Crippen molar-refractivity contribution in [1.29, 1.82) is 0 Å². The van der Waals surface area contributed by atoms with Crippen LogP contribution in [0.3, 0.4) is 0 Å². The quantitative estimate of drug-likeness (QED) is 0.473. The second-order valence-electron chi connectivity index (χ2n) is 7.13. The third kappa shape index (κ3) is 3.33. The predicted molar refractivity (Wildman–Crippen MR) is 117 cm³/mol. The smallest absolute Gasteiger partial charge is 0.409 e. The van der Waals surface area contributed by atoms with Gasteiger partial charge in [0.05, 0.1) is 12.2 Å². The number of benzene rings is 2. The van der Waals surface area contributed by atoms with Crippen molar-refractivity contribution in [2.45, 2.75) is 12.1 Å². The highest BCUT2D eigenvalue weighted by atomic mass is 32.2. The van der Waals surface area contributed by atoms with E-state index in [0.29, 0.717) is 25.4 Å². The molecule has 1 amide bonds. The Morgan fingerprint density at radius 1 is 1.13 bits per heavy atom. The number of ether oxygens (including phenoxy) is 1. The molecule has 1 fully saturated rings. The summed E-state index contributed by atoms with van der Waals surface area (Å²) in [7, 11) is 0. The van der Waals surface area contributed by atoms with E-state index in [9.17, 15) is 4.79 Å². The Balaban J connectivity index is 1.53. The molecule has 1 N–H and O–H groups in total. The van der Waals surface area contributed by atoms with Crippen LogP contribution in [0.25, 0.3) is 28.0 Å². The summed E-state index contributed by atoms with van der Waals surface area (Å²) < 4.78 is 7.12. The highest BCUT2D eigenvalue weighted by molar-refractivity contribution is 7.99. The average molecular weight is 420 g/mol. The lowest BCUT2D eigenvalue weighted by atomic mass is 10.1. The molecule has 2 aromatic carbocycles. The van der Waals surface area contributed by atoms with Gasteiger partial charge in [-0.15, -0.1) is 10.2 Å². The van der Waals surface area contributed by atoms with Gasteiger partial charge in [0.25, 0.3) is 0 Å². The fraction of sp³-hybridized carbons (Fsp3) is 0.227. The second kappa shape index (κ2) is 7.87. The van der Waals surface area contributed by atoms with E-state index in [2.05, 4.69) is 50.9 Å². The van der Waals surface area contributed by atoms with Crippen LogP contribution in [0.2, 0.25) is 0 Å². The minimum absolute atomic E-state index is 0.240. The maximum Gasteiger partial charge on any atom is 0.409 e. The first-order valence-electron chi connectivity index (χ1n) is 9.85. The van der Waals surface area contributed by atoms with Crippen molar-refractivity contribution < 1.29 is 9.53 Å². The molecule has 3 heterocycles. The molecule has 0 atom stereocenters. The van der Waals surface area contributed by atoms with Crippen molar-refractivity contribution in [3.05, 3.63) is 60.3 Å². The maximum atomic E-state index is 11.7. The number of aromatic amines is 1. The van der Waals surface area contributed by atoms with Crippen molar-refractivity contribution in [2.24, 2.45) is 0 Å². The number of aryl methyl sites for hydroxylation is 1. The molecular weight excluding hydrogens is 398 g/mol. The maximum absolute atomic E-state index is 11.7. The Hall–Kier alpha value is -3.26. The van der Waals surface area contributed by atoms with Gasteiger partial charge in [-0.1, -0.05) is 48.2 Å². The van der Waals surface area contributed by atoms with Crippen molar-refractivity contribution in [2.75, 3.05) is 25.4 Å². The zero-order valence-corrected chi connectivity index (χ0v) is 17.4. The van der Waals surface area contributed by atoms with Crippen LogP contribution >= 0.6 is 11.8 Å². The number of rotatable bonds is 6. The number of para-hydroxylation sites is 2. The number of hydrogen-bond donors (Lipinski definition) is 1. The van der Waals surface area contributed by atoms with Crippen LogP contribution in [-0.2, 0) is 4.74 Å². The number of nitrogens with zero attached hydrogens (tertiary/aromatic N) is 4. The lowest BCUT2D eigenvalue weighted by molar-refractivity contribution is 0.160. The number of fused-ring (bicyclic) bond motifs is 1. The molecule has 1 saturated heterocycles. The summed E-state index contributed by atoms with van der Waals surface area (Å²) in [6, 6.07) is 16.4. The van der Waals surface area contributed by atoms with E-state index in [-0.39, 0.29) is 6.09 Å². The molecule has 0 spiro atoms. The number of aromatic nitrogens is 4. The number of thioether (sulfide) groups is 1. The van der Waals surface area contributed by atoms with E-state index >= 15 is 0 Å². The van der Waals surface area contributed by atoms with Crippen LogP contribution in [0, 0.1) is 6.92 Å². The first-order chi connectivity index (χ1) is 14.7. The molecular formula is C22H21N5O2S. The van der Waals surface area contributed by atoms with E-state index in [0.717, 1.165) is 38.7 Å². The van der Waals surface area contributed by atoms with Gasteiger partial charge in [-0.3, -0.25) is 4.57 Å². The van der Waals surface area contributed by atoms with Crippen LogP contribution in [0.5, 0.6) is 0 Å². The summed E-state index contributed by atoms with van der Waals surface area (Å²) in [5.74, 6) is 1.51. The molecule has 1 aliphatic rings. The van der Waals surface area contributed by atoms with Gasteiger partial charge >= 0.3 is 6.09 Å². The molecule has 1 aliphatic heterocycles. The van der Waals surface area contributed by atoms with E-state index in [4.69, 9.17) is 4.74 Å². The fourth-order valence-electron chi connectivity index (χ4n) is 3.70. The van der Waals surface area contributed by atoms with Crippen LogP contribution in [0.4, 0.5) is 4.79 Å². The summed E-state index contributed by atoms with van der Waals surface area (Å²) in [5.41, 5.74) is 4.26. The Morgan fingerprint density at radius 3 is 2.80 bits per heavy atom. The first-order valence-corrected chi connectivity index (χ1v) is 10.8. The number of nitrogens with one attached hydrogen (secondary N) is 1. The van der Waals surface area contributed by atoms with Gasteiger partial charge in [0.15, 0.2) is 11.0 Å². The van der Waals surface area contributed by atoms with Crippen LogP contribution < -0.4 is 0 Å². The minimum atomic E-state index is -0.240. The normalized spacial score (nSPS) is 13.9. The number of amides is 1. The van der Waals surface area contributed by atoms with Crippen molar-refractivity contribution >= 4 is 28.8 Å². The van der Waals surface area contributed by atoms with Crippen LogP contribution in [-0.4, -0.2) is 56.2 Å². The Labute approximate surface area is 178 Å². The molecule has 0 aliphatic carbocycles. The van der Waals surface area contributed by atoms with Gasteiger partial charge in [-0.05, 0) is 24.6 Å². The molecule has 0 unspecified atom stereocenters. The molecule has 7 nitrogen and oxygen atoms in total. The van der Waals surface area contributed by atoms with Crippen LogP contribution in [0.15, 0.2) is 59.9 Å². The Bertz CT molecular complexity index is 1220. The zero-order chi connectivity index (χ0) is 20.5. The molecule has 0 radical (unpaired) electrons. The Morgan fingerprint density at radius 2 is 1.97 bits per heavy atom. The number of H-pyrrole nitrogens is 1. The minimum Gasteiger partial charge on any atom is -0.448 e. The van der Waals surface area contributed by atoms with E-state index in [1.165, 1.54) is 0 Å². The summed E-state index contributed by atoms with van der Waals surface area (Å²) in [6.45, 7) is 3.81. The Kier molecular flexibility index (Phi) is 4.92. The zero-order valence-electron chi connectivity index (χ0n) is 16.5. The third-order valence-corrected chi connectivity index (χ3v) is 6.17. The molecule has 152 valence electrons. The molecule has 4 aromatic rings. The third-order valence-electron chi connectivity index (χ3n) is 5.26. The SMILES string of the molecule is Cc1ccccc1-n1c(SCCN2CCOC2=O)nnc1-c1c[nH]c2ccccc12. The molecule has 0 saturated carbocycles. The van der Waals surface area contributed by atoms with E-state index < -0.39 is 0 Å². The fourth-order valence-corrected chi connectivity index (χ4v) is 4.61. The molecule has 8 heteroatoms. The number of carbonyl (C=O) groups excluding carboxylic acids is 1. The van der Waals surface area contributed by atoms with Gasteiger partial charge in [0.1, 0.15) is 6.61 Å². The van der Waals surface area contributed by atoms with Gasteiger partial charge < -0.3 is 14.6 Å². The number of hydrogen-bond acceptors (Lipinski definition) is 5. The summed E-state index contributed by atoms with van der Waals surface area (Å²) in [5, 5.41) is 11.0. The topological polar surface area (TPSA) is 76.0 Å². The first kappa shape index (κ1) is 18.7. The number of carbonyl (C=O) groups is 1. The molecule has 2 aromatic heterocycles. The van der Waals surface area contributed by atoms with Crippen LogP contribution in [0.1, 0.15) is 5.56 Å². The lowest BCUT2D eigenvalue weighted by Crippen LogP contribution is -2.26. The highest BCUT2D eigenvalue weighted by Gasteiger charge is 2.23. The van der Waals surface area contributed by atoms with Crippen molar-refractivity contribution in [3.63, 3.8) is 0 Å². The molecule has 0 bridgehead atoms. The lowest BCUT2D eigenvalue weighted by Gasteiger charge is -2.14. The summed E-state index contributed by atoms with van der Waals surface area (Å²) in [4.78, 5) is 16.7.